The van der Waals surface area contributed by atoms with Crippen LogP contribution in [0.25, 0.3) is 0 Å². The highest BCUT2D eigenvalue weighted by molar-refractivity contribution is 5.67. The van der Waals surface area contributed by atoms with E-state index in [0.717, 1.165) is 26.2 Å². The molecule has 0 aromatic rings. The van der Waals surface area contributed by atoms with Crippen LogP contribution in [0.5, 0.6) is 0 Å². The predicted octanol–water partition coefficient (Wildman–Crippen LogP) is 1.73. The second-order valence-corrected chi connectivity index (χ2v) is 5.01. The molecule has 16 heavy (non-hydrogen) atoms. The zero-order chi connectivity index (χ0) is 12.2. The van der Waals surface area contributed by atoms with Crippen LogP contribution in [-0.4, -0.2) is 54.2 Å². The highest BCUT2D eigenvalue weighted by Gasteiger charge is 2.28. The highest BCUT2D eigenvalue weighted by Crippen LogP contribution is 2.15. The van der Waals surface area contributed by atoms with Crippen LogP contribution in [0.15, 0.2) is 12.7 Å². The highest BCUT2D eigenvalue weighted by atomic mass is 16.6. The quantitative estimate of drug-likeness (QED) is 0.672. The third kappa shape index (κ3) is 3.52. The summed E-state index contributed by atoms with van der Waals surface area (Å²) in [7, 11) is 0. The Morgan fingerprint density at radius 2 is 1.88 bits per heavy atom. The van der Waals surface area contributed by atoms with Crippen molar-refractivity contribution in [3.63, 3.8) is 0 Å². The van der Waals surface area contributed by atoms with E-state index in [9.17, 15) is 4.79 Å². The molecule has 1 aliphatic heterocycles. The van der Waals surface area contributed by atoms with Crippen molar-refractivity contribution in [1.29, 1.82) is 0 Å². The van der Waals surface area contributed by atoms with Gasteiger partial charge in [0.2, 0.25) is 0 Å². The summed E-state index contributed by atoms with van der Waals surface area (Å²) in [5.41, 5.74) is 0.178. The van der Waals surface area contributed by atoms with Crippen LogP contribution >= 0.6 is 0 Å². The fourth-order valence-electron chi connectivity index (χ4n) is 1.78. The van der Waals surface area contributed by atoms with Gasteiger partial charge in [-0.25, -0.2) is 4.79 Å². The first kappa shape index (κ1) is 13.0. The van der Waals surface area contributed by atoms with Crippen LogP contribution in [0, 0.1) is 0 Å². The number of hydrogen-bond acceptors (Lipinski definition) is 3. The van der Waals surface area contributed by atoms with E-state index in [-0.39, 0.29) is 18.2 Å². The molecule has 0 radical (unpaired) electrons. The molecule has 0 bridgehead atoms. The average Bonchev–Trinajstić information content (AvgIpc) is 2.25. The molecule has 0 spiro atoms. The lowest BCUT2D eigenvalue weighted by atomic mass is 10.1. The van der Waals surface area contributed by atoms with Crippen molar-refractivity contribution in [2.75, 3.05) is 32.8 Å². The van der Waals surface area contributed by atoms with Gasteiger partial charge >= 0.3 is 6.09 Å². The van der Waals surface area contributed by atoms with Crippen molar-refractivity contribution >= 4 is 6.09 Å². The van der Waals surface area contributed by atoms with Gasteiger partial charge in [-0.2, -0.15) is 0 Å². The molecule has 0 saturated carbocycles. The lowest BCUT2D eigenvalue weighted by Crippen LogP contribution is -2.54. The number of rotatable bonds is 2. The van der Waals surface area contributed by atoms with Gasteiger partial charge in [-0.05, 0) is 20.8 Å². The molecule has 0 aromatic heterocycles. The van der Waals surface area contributed by atoms with Gasteiger partial charge in [-0.3, -0.25) is 4.90 Å². The summed E-state index contributed by atoms with van der Waals surface area (Å²) in [6, 6.07) is 0. The number of piperazine rings is 1. The first-order valence-corrected chi connectivity index (χ1v) is 5.73. The van der Waals surface area contributed by atoms with Crippen molar-refractivity contribution in [2.45, 2.75) is 26.3 Å². The summed E-state index contributed by atoms with van der Waals surface area (Å²) in [5, 5.41) is 0. The van der Waals surface area contributed by atoms with E-state index >= 15 is 0 Å². The number of nitrogens with zero attached hydrogens (tertiary/aromatic N) is 2. The molecule has 1 aliphatic rings. The number of amides is 1. The monoisotopic (exact) mass is 226 g/mol. The third-order valence-corrected chi connectivity index (χ3v) is 2.81. The fraction of sp³-hybridized carbons (Fsp3) is 0.750. The third-order valence-electron chi connectivity index (χ3n) is 2.81. The van der Waals surface area contributed by atoms with Crippen LogP contribution in [0.4, 0.5) is 4.79 Å². The molecule has 1 saturated heterocycles. The van der Waals surface area contributed by atoms with Crippen molar-refractivity contribution in [2.24, 2.45) is 0 Å². The van der Waals surface area contributed by atoms with Crippen molar-refractivity contribution < 1.29 is 9.53 Å². The Morgan fingerprint density at radius 1 is 1.31 bits per heavy atom. The first-order chi connectivity index (χ1) is 7.45. The largest absolute Gasteiger partial charge is 0.445 e. The maximum absolute atomic E-state index is 11.6. The molecule has 92 valence electrons. The maximum atomic E-state index is 11.6. The summed E-state index contributed by atoms with van der Waals surface area (Å²) >= 11 is 0. The minimum atomic E-state index is -0.228. The molecule has 4 heteroatoms. The topological polar surface area (TPSA) is 32.8 Å². The molecule has 0 aromatic carbocycles. The van der Waals surface area contributed by atoms with E-state index < -0.39 is 0 Å². The lowest BCUT2D eigenvalue weighted by Gasteiger charge is -2.41. The summed E-state index contributed by atoms with van der Waals surface area (Å²) in [5.74, 6) is 0. The lowest BCUT2D eigenvalue weighted by molar-refractivity contribution is 0.0494. The van der Waals surface area contributed by atoms with Crippen molar-refractivity contribution in [1.82, 2.24) is 9.80 Å². The van der Waals surface area contributed by atoms with E-state index in [0.29, 0.717) is 0 Å². The van der Waals surface area contributed by atoms with Gasteiger partial charge < -0.3 is 9.64 Å². The molecule has 1 amide bonds. The van der Waals surface area contributed by atoms with E-state index in [4.69, 9.17) is 4.74 Å². The zero-order valence-electron chi connectivity index (χ0n) is 10.5. The second-order valence-electron chi connectivity index (χ2n) is 5.01. The number of carbonyl (C=O) groups is 1. The van der Waals surface area contributed by atoms with Gasteiger partial charge in [-0.15, -0.1) is 0 Å². The maximum Gasteiger partial charge on any atom is 0.410 e. The van der Waals surface area contributed by atoms with Gasteiger partial charge in [-0.1, -0.05) is 12.7 Å². The molecule has 0 aliphatic carbocycles. The SMILES string of the molecule is C=CCOC(=O)N1CCN(C(C)(C)C)CC1. The molecule has 0 N–H and O–H groups in total. The van der Waals surface area contributed by atoms with E-state index in [1.165, 1.54) is 0 Å². The Bertz CT molecular complexity index is 250. The van der Waals surface area contributed by atoms with E-state index in [1.807, 2.05) is 0 Å². The summed E-state index contributed by atoms with van der Waals surface area (Å²) in [4.78, 5) is 15.7. The molecular weight excluding hydrogens is 204 g/mol. The number of hydrogen-bond donors (Lipinski definition) is 0. The molecule has 4 nitrogen and oxygen atoms in total. The fourth-order valence-corrected chi connectivity index (χ4v) is 1.78. The summed E-state index contributed by atoms with van der Waals surface area (Å²) < 4.78 is 5.00. The van der Waals surface area contributed by atoms with Crippen LogP contribution < -0.4 is 0 Å². The van der Waals surface area contributed by atoms with E-state index in [2.05, 4.69) is 32.3 Å². The van der Waals surface area contributed by atoms with Crippen LogP contribution in [0.1, 0.15) is 20.8 Å². The minimum Gasteiger partial charge on any atom is -0.445 e. The Labute approximate surface area is 97.9 Å². The van der Waals surface area contributed by atoms with Crippen LogP contribution in [-0.2, 0) is 4.74 Å². The molecular formula is C12H22N2O2. The second kappa shape index (κ2) is 5.34. The van der Waals surface area contributed by atoms with Gasteiger partial charge in [0.1, 0.15) is 6.61 Å². The zero-order valence-corrected chi connectivity index (χ0v) is 10.5. The predicted molar refractivity (Wildman–Crippen MR) is 64.4 cm³/mol. The smallest absolute Gasteiger partial charge is 0.410 e. The Balaban J connectivity index is 2.37. The van der Waals surface area contributed by atoms with E-state index in [1.54, 1.807) is 11.0 Å². The van der Waals surface area contributed by atoms with Crippen molar-refractivity contribution in [3.05, 3.63) is 12.7 Å². The molecule has 1 heterocycles. The Hall–Kier alpha value is -1.03. The number of ether oxygens (including phenoxy) is 1. The molecule has 0 unspecified atom stereocenters. The molecule has 1 fully saturated rings. The number of carbonyl (C=O) groups excluding carboxylic acids is 1. The average molecular weight is 226 g/mol. The minimum absolute atomic E-state index is 0.178. The standard InChI is InChI=1S/C12H22N2O2/c1-5-10-16-11(15)13-6-8-14(9-7-13)12(2,3)4/h5H,1,6-10H2,2-4H3. The molecule has 1 rings (SSSR count). The Kier molecular flexibility index (Phi) is 4.35. The van der Waals surface area contributed by atoms with Crippen molar-refractivity contribution in [3.8, 4) is 0 Å². The van der Waals surface area contributed by atoms with Gasteiger partial charge in [0.25, 0.3) is 0 Å². The van der Waals surface area contributed by atoms with Gasteiger partial charge in [0.05, 0.1) is 0 Å². The Morgan fingerprint density at radius 3 is 2.31 bits per heavy atom. The first-order valence-electron chi connectivity index (χ1n) is 5.73. The van der Waals surface area contributed by atoms with Gasteiger partial charge in [0, 0.05) is 31.7 Å². The summed E-state index contributed by atoms with van der Waals surface area (Å²) in [6.45, 7) is 13.7. The molecule has 0 atom stereocenters. The normalized spacial score (nSPS) is 18.3. The van der Waals surface area contributed by atoms with Gasteiger partial charge in [0.15, 0.2) is 0 Å². The van der Waals surface area contributed by atoms with Crippen LogP contribution in [0.2, 0.25) is 0 Å². The summed E-state index contributed by atoms with van der Waals surface area (Å²) in [6.07, 6.45) is 1.36. The van der Waals surface area contributed by atoms with Crippen LogP contribution in [0.3, 0.4) is 0 Å².